The summed E-state index contributed by atoms with van der Waals surface area (Å²) in [6, 6.07) is 18.8. The van der Waals surface area contributed by atoms with E-state index in [1.165, 1.54) is 5.69 Å². The van der Waals surface area contributed by atoms with Crippen LogP contribution in [0, 0.1) is 0 Å². The summed E-state index contributed by atoms with van der Waals surface area (Å²) >= 11 is 0. The molecule has 1 aromatic heterocycles. The first-order chi connectivity index (χ1) is 10.9. The van der Waals surface area contributed by atoms with Crippen LogP contribution >= 0.6 is 0 Å². The van der Waals surface area contributed by atoms with Crippen LogP contribution in [0.5, 0.6) is 0 Å². The fraction of sp³-hybridized carbons (Fsp3) is 0.222. The number of anilines is 2. The summed E-state index contributed by atoms with van der Waals surface area (Å²) in [5.41, 5.74) is 2.31. The Bertz CT molecular complexity index is 759. The molecule has 1 aliphatic rings. The number of aromatic nitrogens is 2. The van der Waals surface area contributed by atoms with Crippen LogP contribution in [0.3, 0.4) is 0 Å². The van der Waals surface area contributed by atoms with E-state index < -0.39 is 0 Å². The fourth-order valence-electron chi connectivity index (χ4n) is 3.06. The van der Waals surface area contributed by atoms with Crippen molar-refractivity contribution in [2.24, 2.45) is 0 Å². The zero-order chi connectivity index (χ0) is 14.8. The number of hydrogen-bond acceptors (Lipinski definition) is 4. The monoisotopic (exact) mass is 290 g/mol. The van der Waals surface area contributed by atoms with E-state index in [1.54, 1.807) is 6.33 Å². The summed E-state index contributed by atoms with van der Waals surface area (Å²) in [6.45, 7) is 4.00. The third-order valence-corrected chi connectivity index (χ3v) is 4.22. The molecule has 4 rings (SSSR count). The number of rotatable bonds is 2. The van der Waals surface area contributed by atoms with Crippen LogP contribution in [-0.4, -0.2) is 36.1 Å². The first kappa shape index (κ1) is 13.1. The molecule has 0 atom stereocenters. The van der Waals surface area contributed by atoms with Crippen molar-refractivity contribution in [1.29, 1.82) is 0 Å². The minimum atomic E-state index is 0.982. The number of fused-ring (bicyclic) bond motifs is 1. The highest BCUT2D eigenvalue weighted by molar-refractivity contribution is 5.89. The number of nitrogens with zero attached hydrogens (tertiary/aromatic N) is 4. The van der Waals surface area contributed by atoms with Crippen LogP contribution in [0.15, 0.2) is 60.9 Å². The Morgan fingerprint density at radius 2 is 1.36 bits per heavy atom. The molecule has 4 nitrogen and oxygen atoms in total. The highest BCUT2D eigenvalue weighted by Crippen LogP contribution is 2.24. The third kappa shape index (κ3) is 2.37. The highest BCUT2D eigenvalue weighted by Gasteiger charge is 2.19. The van der Waals surface area contributed by atoms with Gasteiger partial charge in [0.05, 0.1) is 5.52 Å². The average molecular weight is 290 g/mol. The minimum Gasteiger partial charge on any atom is -0.368 e. The molecule has 0 spiro atoms. The van der Waals surface area contributed by atoms with Gasteiger partial charge in [-0.15, -0.1) is 0 Å². The van der Waals surface area contributed by atoms with Gasteiger partial charge in [0.25, 0.3) is 0 Å². The van der Waals surface area contributed by atoms with Gasteiger partial charge in [0.2, 0.25) is 0 Å². The minimum absolute atomic E-state index is 0.982. The van der Waals surface area contributed by atoms with Crippen LogP contribution < -0.4 is 9.80 Å². The van der Waals surface area contributed by atoms with Crippen LogP contribution in [0.2, 0.25) is 0 Å². The molecule has 1 fully saturated rings. The molecule has 3 aromatic rings. The molecule has 0 unspecified atom stereocenters. The molecule has 0 bridgehead atoms. The van der Waals surface area contributed by atoms with Crippen molar-refractivity contribution in [3.8, 4) is 0 Å². The maximum atomic E-state index is 4.52. The molecule has 110 valence electrons. The summed E-state index contributed by atoms with van der Waals surface area (Å²) in [7, 11) is 0. The SMILES string of the molecule is c1ccc(N2CCN(c3ncnc4ccccc34)CC2)cc1. The van der Waals surface area contributed by atoms with Crippen molar-refractivity contribution in [2.45, 2.75) is 0 Å². The second-order valence-electron chi connectivity index (χ2n) is 5.52. The van der Waals surface area contributed by atoms with Gasteiger partial charge in [-0.05, 0) is 24.3 Å². The van der Waals surface area contributed by atoms with E-state index in [-0.39, 0.29) is 0 Å². The second-order valence-corrected chi connectivity index (χ2v) is 5.52. The van der Waals surface area contributed by atoms with Gasteiger partial charge in [0.15, 0.2) is 0 Å². The Balaban J connectivity index is 1.56. The summed E-state index contributed by atoms with van der Waals surface area (Å²) in [4.78, 5) is 13.7. The van der Waals surface area contributed by atoms with Crippen LogP contribution in [-0.2, 0) is 0 Å². The molecule has 2 aromatic carbocycles. The first-order valence-electron chi connectivity index (χ1n) is 7.66. The van der Waals surface area contributed by atoms with Crippen molar-refractivity contribution < 1.29 is 0 Å². The van der Waals surface area contributed by atoms with Crippen molar-refractivity contribution in [3.63, 3.8) is 0 Å². The molecule has 0 radical (unpaired) electrons. The Kier molecular flexibility index (Phi) is 3.35. The Hall–Kier alpha value is -2.62. The smallest absolute Gasteiger partial charge is 0.140 e. The molecule has 4 heteroatoms. The summed E-state index contributed by atoms with van der Waals surface area (Å²) in [5.74, 6) is 1.05. The molecular weight excluding hydrogens is 272 g/mol. The van der Waals surface area contributed by atoms with Crippen molar-refractivity contribution in [2.75, 3.05) is 36.0 Å². The zero-order valence-corrected chi connectivity index (χ0v) is 12.4. The summed E-state index contributed by atoms with van der Waals surface area (Å²) in [5, 5.41) is 1.14. The van der Waals surface area contributed by atoms with E-state index in [9.17, 15) is 0 Å². The lowest BCUT2D eigenvalue weighted by molar-refractivity contribution is 0.649. The number of benzene rings is 2. The van der Waals surface area contributed by atoms with E-state index in [0.29, 0.717) is 0 Å². The maximum Gasteiger partial charge on any atom is 0.140 e. The average Bonchev–Trinajstić information content (AvgIpc) is 2.62. The molecule has 0 N–H and O–H groups in total. The van der Waals surface area contributed by atoms with E-state index in [0.717, 1.165) is 42.9 Å². The largest absolute Gasteiger partial charge is 0.368 e. The quantitative estimate of drug-likeness (QED) is 0.726. The first-order valence-corrected chi connectivity index (χ1v) is 7.66. The van der Waals surface area contributed by atoms with Crippen molar-refractivity contribution in [3.05, 3.63) is 60.9 Å². The lowest BCUT2D eigenvalue weighted by atomic mass is 10.2. The number of para-hydroxylation sites is 2. The molecule has 1 saturated heterocycles. The molecule has 0 saturated carbocycles. The molecule has 0 aliphatic carbocycles. The fourth-order valence-corrected chi connectivity index (χ4v) is 3.06. The van der Waals surface area contributed by atoms with E-state index in [4.69, 9.17) is 0 Å². The van der Waals surface area contributed by atoms with Crippen LogP contribution in [0.25, 0.3) is 10.9 Å². The van der Waals surface area contributed by atoms with Gasteiger partial charge in [0, 0.05) is 37.3 Å². The standard InChI is InChI=1S/C18H18N4/c1-2-6-15(7-3-1)21-10-12-22(13-11-21)18-16-8-4-5-9-17(16)19-14-20-18/h1-9,14H,10-13H2. The Morgan fingerprint density at radius 1 is 0.682 bits per heavy atom. The van der Waals surface area contributed by atoms with Crippen molar-refractivity contribution >= 4 is 22.4 Å². The Labute approximate surface area is 130 Å². The lowest BCUT2D eigenvalue weighted by Gasteiger charge is -2.37. The summed E-state index contributed by atoms with van der Waals surface area (Å²) in [6.07, 6.45) is 1.67. The topological polar surface area (TPSA) is 32.3 Å². The maximum absolute atomic E-state index is 4.52. The van der Waals surface area contributed by atoms with Gasteiger partial charge in [0.1, 0.15) is 12.1 Å². The van der Waals surface area contributed by atoms with Gasteiger partial charge in [-0.25, -0.2) is 9.97 Å². The number of piperazine rings is 1. The zero-order valence-electron chi connectivity index (χ0n) is 12.4. The number of hydrogen-bond donors (Lipinski definition) is 0. The van der Waals surface area contributed by atoms with E-state index >= 15 is 0 Å². The van der Waals surface area contributed by atoms with Crippen molar-refractivity contribution in [1.82, 2.24) is 9.97 Å². The molecule has 0 amide bonds. The van der Waals surface area contributed by atoms with Gasteiger partial charge >= 0.3 is 0 Å². The van der Waals surface area contributed by atoms with Gasteiger partial charge in [-0.2, -0.15) is 0 Å². The summed E-state index contributed by atoms with van der Waals surface area (Å²) < 4.78 is 0. The second kappa shape index (κ2) is 5.64. The normalized spacial score (nSPS) is 15.3. The molecule has 2 heterocycles. The predicted octanol–water partition coefficient (Wildman–Crippen LogP) is 2.96. The molecule has 1 aliphatic heterocycles. The lowest BCUT2D eigenvalue weighted by Crippen LogP contribution is -2.46. The Morgan fingerprint density at radius 3 is 2.18 bits per heavy atom. The van der Waals surface area contributed by atoms with Crippen LogP contribution in [0.4, 0.5) is 11.5 Å². The van der Waals surface area contributed by atoms with Gasteiger partial charge in [-0.3, -0.25) is 0 Å². The third-order valence-electron chi connectivity index (χ3n) is 4.22. The van der Waals surface area contributed by atoms with E-state index in [1.807, 2.05) is 12.1 Å². The predicted molar refractivity (Wildman–Crippen MR) is 90.4 cm³/mol. The highest BCUT2D eigenvalue weighted by atomic mass is 15.3. The van der Waals surface area contributed by atoms with Crippen LogP contribution in [0.1, 0.15) is 0 Å². The van der Waals surface area contributed by atoms with E-state index in [2.05, 4.69) is 62.2 Å². The van der Waals surface area contributed by atoms with Gasteiger partial charge < -0.3 is 9.80 Å². The van der Waals surface area contributed by atoms with Gasteiger partial charge in [-0.1, -0.05) is 30.3 Å². The molecule has 22 heavy (non-hydrogen) atoms. The molecular formula is C18H18N4.